The zero-order valence-corrected chi connectivity index (χ0v) is 10.4. The Bertz CT molecular complexity index is 372. The van der Waals surface area contributed by atoms with Crippen LogP contribution >= 0.6 is 0 Å². The summed E-state index contributed by atoms with van der Waals surface area (Å²) < 4.78 is 0. The van der Waals surface area contributed by atoms with E-state index in [4.69, 9.17) is 0 Å². The average Bonchev–Trinajstić information content (AvgIpc) is 2.27. The third kappa shape index (κ3) is 3.66. The van der Waals surface area contributed by atoms with Gasteiger partial charge in [0.25, 0.3) is 0 Å². The number of hydrogen-bond acceptors (Lipinski definition) is 3. The van der Waals surface area contributed by atoms with Gasteiger partial charge in [0.1, 0.15) is 0 Å². The number of carbonyl (C=O) groups is 1. The Morgan fingerprint density at radius 1 is 1.38 bits per heavy atom. The van der Waals surface area contributed by atoms with Crippen LogP contribution in [0.4, 0.5) is 5.69 Å². The predicted molar refractivity (Wildman–Crippen MR) is 68.1 cm³/mol. The van der Waals surface area contributed by atoms with E-state index >= 15 is 0 Å². The number of anilines is 1. The molecule has 0 aliphatic heterocycles. The Labute approximate surface area is 97.2 Å². The summed E-state index contributed by atoms with van der Waals surface area (Å²) in [6.45, 7) is 6.63. The van der Waals surface area contributed by atoms with Gasteiger partial charge < -0.3 is 10.6 Å². The summed E-state index contributed by atoms with van der Waals surface area (Å²) in [4.78, 5) is 11.2. The van der Waals surface area contributed by atoms with Crippen molar-refractivity contribution < 1.29 is 4.79 Å². The van der Waals surface area contributed by atoms with Crippen molar-refractivity contribution in [1.29, 1.82) is 0 Å². The highest BCUT2D eigenvalue weighted by Gasteiger charge is 2.13. The maximum Gasteiger partial charge on any atom is 0.159 e. The van der Waals surface area contributed by atoms with Gasteiger partial charge >= 0.3 is 0 Å². The van der Waals surface area contributed by atoms with Crippen molar-refractivity contribution in [3.05, 3.63) is 29.8 Å². The molecule has 0 aromatic heterocycles. The van der Waals surface area contributed by atoms with Gasteiger partial charge in [0.2, 0.25) is 0 Å². The second kappa shape index (κ2) is 5.12. The van der Waals surface area contributed by atoms with Crippen LogP contribution < -0.4 is 10.6 Å². The molecule has 3 nitrogen and oxygen atoms in total. The Balaban J connectivity index is 2.68. The number of Topliss-reactive ketones (excluding diaryl/α,β-unsaturated/α-hetero) is 1. The number of hydrogen-bond donors (Lipinski definition) is 2. The van der Waals surface area contributed by atoms with Gasteiger partial charge in [-0.05, 0) is 40.0 Å². The molecular formula is C13H20N2O. The van der Waals surface area contributed by atoms with E-state index in [-0.39, 0.29) is 11.3 Å². The lowest BCUT2D eigenvalue weighted by atomic mass is 10.1. The van der Waals surface area contributed by atoms with Crippen LogP contribution in [0.5, 0.6) is 0 Å². The number of benzene rings is 1. The monoisotopic (exact) mass is 220 g/mol. The number of carbonyl (C=O) groups excluding carboxylic acids is 1. The lowest BCUT2D eigenvalue weighted by molar-refractivity contribution is 0.101. The summed E-state index contributed by atoms with van der Waals surface area (Å²) in [5.74, 6) is 0.0940. The molecule has 2 N–H and O–H groups in total. The third-order valence-electron chi connectivity index (χ3n) is 2.68. The van der Waals surface area contributed by atoms with Crippen LogP contribution in [-0.2, 0) is 0 Å². The molecule has 0 aliphatic carbocycles. The van der Waals surface area contributed by atoms with E-state index in [1.54, 1.807) is 6.92 Å². The van der Waals surface area contributed by atoms with Crippen LogP contribution in [0.25, 0.3) is 0 Å². The Kier molecular flexibility index (Phi) is 4.07. The summed E-state index contributed by atoms with van der Waals surface area (Å²) in [6.07, 6.45) is 0. The molecule has 1 rings (SSSR count). The van der Waals surface area contributed by atoms with E-state index in [0.29, 0.717) is 0 Å². The Morgan fingerprint density at radius 3 is 2.62 bits per heavy atom. The minimum absolute atomic E-state index is 0.0340. The van der Waals surface area contributed by atoms with Gasteiger partial charge in [-0.2, -0.15) is 0 Å². The van der Waals surface area contributed by atoms with Crippen molar-refractivity contribution in [3.63, 3.8) is 0 Å². The maximum atomic E-state index is 11.2. The van der Waals surface area contributed by atoms with Crippen molar-refractivity contribution in [3.8, 4) is 0 Å². The summed E-state index contributed by atoms with van der Waals surface area (Å²) >= 11 is 0. The largest absolute Gasteiger partial charge is 0.383 e. The summed E-state index contributed by atoms with van der Waals surface area (Å²) in [5.41, 5.74) is 1.76. The standard InChI is InChI=1S/C13H20N2O/c1-10(16)11-6-5-7-12(8-11)15-9-13(2,3)14-4/h5-8,14-15H,9H2,1-4H3. The van der Waals surface area contributed by atoms with Crippen LogP contribution in [0.3, 0.4) is 0 Å². The van der Waals surface area contributed by atoms with Gasteiger partial charge in [-0.1, -0.05) is 12.1 Å². The zero-order chi connectivity index (χ0) is 12.2. The first kappa shape index (κ1) is 12.7. The fourth-order valence-corrected chi connectivity index (χ4v) is 1.26. The molecular weight excluding hydrogens is 200 g/mol. The van der Waals surface area contributed by atoms with Crippen molar-refractivity contribution >= 4 is 11.5 Å². The summed E-state index contributed by atoms with van der Waals surface area (Å²) in [5, 5.41) is 6.54. The van der Waals surface area contributed by atoms with Gasteiger partial charge in [0.15, 0.2) is 5.78 Å². The topological polar surface area (TPSA) is 41.1 Å². The molecule has 3 heteroatoms. The molecule has 0 spiro atoms. The van der Waals surface area contributed by atoms with E-state index in [0.717, 1.165) is 17.8 Å². The lowest BCUT2D eigenvalue weighted by Crippen LogP contribution is -2.42. The van der Waals surface area contributed by atoms with E-state index in [1.165, 1.54) is 0 Å². The van der Waals surface area contributed by atoms with E-state index in [9.17, 15) is 4.79 Å². The molecule has 0 fully saturated rings. The predicted octanol–water partition coefficient (Wildman–Crippen LogP) is 2.30. The van der Waals surface area contributed by atoms with Crippen LogP contribution in [0.2, 0.25) is 0 Å². The molecule has 0 amide bonds. The first-order valence-electron chi connectivity index (χ1n) is 5.48. The van der Waals surface area contributed by atoms with Gasteiger partial charge in [0, 0.05) is 23.3 Å². The SMILES string of the molecule is CNC(C)(C)CNc1cccc(C(C)=O)c1. The maximum absolute atomic E-state index is 11.2. The van der Waals surface area contributed by atoms with Crippen LogP contribution in [-0.4, -0.2) is 24.9 Å². The van der Waals surface area contributed by atoms with E-state index in [2.05, 4.69) is 24.5 Å². The fourth-order valence-electron chi connectivity index (χ4n) is 1.26. The lowest BCUT2D eigenvalue weighted by Gasteiger charge is -2.25. The molecule has 16 heavy (non-hydrogen) atoms. The van der Waals surface area contributed by atoms with Gasteiger partial charge in [-0.25, -0.2) is 0 Å². The van der Waals surface area contributed by atoms with Crippen molar-refractivity contribution in [2.45, 2.75) is 26.3 Å². The highest BCUT2D eigenvalue weighted by molar-refractivity contribution is 5.94. The van der Waals surface area contributed by atoms with Crippen molar-refractivity contribution in [2.75, 3.05) is 18.9 Å². The first-order chi connectivity index (χ1) is 7.44. The Morgan fingerprint density at radius 2 is 2.06 bits per heavy atom. The molecule has 1 aromatic carbocycles. The fraction of sp³-hybridized carbons (Fsp3) is 0.462. The minimum atomic E-state index is 0.0340. The molecule has 0 atom stereocenters. The molecule has 0 bridgehead atoms. The van der Waals surface area contributed by atoms with Crippen LogP contribution in [0.15, 0.2) is 24.3 Å². The number of likely N-dealkylation sites (N-methyl/N-ethyl adjacent to an activating group) is 1. The summed E-state index contributed by atoms with van der Waals surface area (Å²) in [7, 11) is 1.94. The smallest absolute Gasteiger partial charge is 0.159 e. The second-order valence-electron chi connectivity index (χ2n) is 4.62. The van der Waals surface area contributed by atoms with Gasteiger partial charge in [-0.15, -0.1) is 0 Å². The second-order valence-corrected chi connectivity index (χ2v) is 4.62. The molecule has 0 saturated heterocycles. The van der Waals surface area contributed by atoms with Crippen LogP contribution in [0, 0.1) is 0 Å². The van der Waals surface area contributed by atoms with Crippen LogP contribution in [0.1, 0.15) is 31.1 Å². The van der Waals surface area contributed by atoms with E-state index < -0.39 is 0 Å². The highest BCUT2D eigenvalue weighted by atomic mass is 16.1. The molecule has 88 valence electrons. The molecule has 0 heterocycles. The number of ketones is 1. The van der Waals surface area contributed by atoms with Crippen molar-refractivity contribution in [1.82, 2.24) is 5.32 Å². The number of rotatable bonds is 5. The molecule has 0 radical (unpaired) electrons. The molecule has 0 unspecified atom stereocenters. The quantitative estimate of drug-likeness (QED) is 0.748. The number of nitrogens with one attached hydrogen (secondary N) is 2. The summed E-state index contributed by atoms with van der Waals surface area (Å²) in [6, 6.07) is 7.58. The molecule has 1 aromatic rings. The first-order valence-corrected chi connectivity index (χ1v) is 5.48. The Hall–Kier alpha value is -1.35. The minimum Gasteiger partial charge on any atom is -0.383 e. The molecule has 0 aliphatic rings. The normalized spacial score (nSPS) is 11.2. The van der Waals surface area contributed by atoms with Gasteiger partial charge in [0.05, 0.1) is 0 Å². The van der Waals surface area contributed by atoms with Crippen molar-refractivity contribution in [2.24, 2.45) is 0 Å². The van der Waals surface area contributed by atoms with E-state index in [1.807, 2.05) is 31.3 Å². The third-order valence-corrected chi connectivity index (χ3v) is 2.68. The zero-order valence-electron chi connectivity index (χ0n) is 10.4. The highest BCUT2D eigenvalue weighted by Crippen LogP contribution is 2.12. The molecule has 0 saturated carbocycles. The average molecular weight is 220 g/mol. The van der Waals surface area contributed by atoms with Gasteiger partial charge in [-0.3, -0.25) is 4.79 Å².